The lowest BCUT2D eigenvalue weighted by molar-refractivity contribution is 0.0947. The normalized spacial score (nSPS) is 20.1. The van der Waals surface area contributed by atoms with Crippen molar-refractivity contribution in [1.82, 2.24) is 10.0 Å². The van der Waals surface area contributed by atoms with Crippen molar-refractivity contribution in [1.29, 1.82) is 0 Å². The molecule has 1 aliphatic rings. The van der Waals surface area contributed by atoms with E-state index in [1.807, 2.05) is 44.2 Å². The lowest BCUT2D eigenvalue weighted by Crippen LogP contribution is -2.29. The number of rotatable bonds is 6. The maximum atomic E-state index is 12.5. The molecule has 0 radical (unpaired) electrons. The molecule has 3 rings (SSSR count). The van der Waals surface area contributed by atoms with Gasteiger partial charge in [0.15, 0.2) is 0 Å². The molecule has 1 aromatic carbocycles. The molecule has 7 heteroatoms. The molecule has 2 aromatic rings. The minimum absolute atomic E-state index is 0.0101. The third-order valence-electron chi connectivity index (χ3n) is 3.81. The molecule has 2 atom stereocenters. The number of carbonyl (C=O) groups excluding carboxylic acids is 1. The van der Waals surface area contributed by atoms with Gasteiger partial charge in [0.1, 0.15) is 4.21 Å². The molecule has 0 aliphatic heterocycles. The Bertz CT molecular complexity index is 829. The van der Waals surface area contributed by atoms with Crippen molar-refractivity contribution in [2.75, 3.05) is 0 Å². The molecule has 1 amide bonds. The second kappa shape index (κ2) is 6.66. The van der Waals surface area contributed by atoms with Gasteiger partial charge in [0.2, 0.25) is 10.0 Å². The van der Waals surface area contributed by atoms with Gasteiger partial charge in [-0.05, 0) is 38.0 Å². The molecule has 1 fully saturated rings. The second-order valence-electron chi connectivity index (χ2n) is 6.23. The van der Waals surface area contributed by atoms with Crippen LogP contribution in [0.1, 0.15) is 41.4 Å². The van der Waals surface area contributed by atoms with Crippen molar-refractivity contribution in [2.45, 2.75) is 42.5 Å². The predicted octanol–water partition coefficient (Wildman–Crippen LogP) is 2.72. The van der Waals surface area contributed by atoms with Crippen LogP contribution in [0.3, 0.4) is 0 Å². The van der Waals surface area contributed by atoms with Crippen molar-refractivity contribution in [3.8, 4) is 0 Å². The van der Waals surface area contributed by atoms with Gasteiger partial charge >= 0.3 is 0 Å². The van der Waals surface area contributed by atoms with Crippen LogP contribution in [-0.2, 0) is 10.0 Å². The van der Waals surface area contributed by atoms with Gasteiger partial charge in [-0.25, -0.2) is 13.1 Å². The van der Waals surface area contributed by atoms with Crippen LogP contribution in [0.15, 0.2) is 46.7 Å². The van der Waals surface area contributed by atoms with Gasteiger partial charge in [-0.2, -0.15) is 0 Å². The number of thiophene rings is 1. The maximum Gasteiger partial charge on any atom is 0.261 e. The SMILES string of the molecule is CC(C)NC(=O)c1ccc(S(=O)(=O)N[C@@H]2C[C@H]2c2ccccc2)s1. The van der Waals surface area contributed by atoms with Gasteiger partial charge < -0.3 is 5.32 Å². The summed E-state index contributed by atoms with van der Waals surface area (Å²) in [5.74, 6) is -0.0188. The van der Waals surface area contributed by atoms with E-state index in [2.05, 4.69) is 10.0 Å². The van der Waals surface area contributed by atoms with Crippen LogP contribution in [0.25, 0.3) is 0 Å². The molecule has 0 spiro atoms. The number of hydrogen-bond donors (Lipinski definition) is 2. The topological polar surface area (TPSA) is 75.3 Å². The van der Waals surface area contributed by atoms with E-state index >= 15 is 0 Å². The number of carbonyl (C=O) groups is 1. The average molecular weight is 364 g/mol. The standard InChI is InChI=1S/C17H20N2O3S2/c1-11(2)18-17(20)15-8-9-16(23-15)24(21,22)19-14-10-13(14)12-6-4-3-5-7-12/h3-9,11,13-14,19H,10H2,1-2H3,(H,18,20)/t13-,14+/m0/s1. The Labute approximate surface area is 146 Å². The maximum absolute atomic E-state index is 12.5. The first kappa shape index (κ1) is 17.1. The quantitative estimate of drug-likeness (QED) is 0.827. The zero-order chi connectivity index (χ0) is 17.3. The van der Waals surface area contributed by atoms with Crippen LogP contribution in [0.5, 0.6) is 0 Å². The summed E-state index contributed by atoms with van der Waals surface area (Å²) < 4.78 is 27.9. The van der Waals surface area contributed by atoms with E-state index in [9.17, 15) is 13.2 Å². The molecular weight excluding hydrogens is 344 g/mol. The zero-order valence-electron chi connectivity index (χ0n) is 13.5. The van der Waals surface area contributed by atoms with E-state index in [1.165, 1.54) is 6.07 Å². The van der Waals surface area contributed by atoms with Crippen molar-refractivity contribution >= 4 is 27.3 Å². The summed E-state index contributed by atoms with van der Waals surface area (Å²) in [6.07, 6.45) is 0.801. The van der Waals surface area contributed by atoms with E-state index in [-0.39, 0.29) is 28.1 Å². The zero-order valence-corrected chi connectivity index (χ0v) is 15.2. The Morgan fingerprint density at radius 1 is 1.17 bits per heavy atom. The molecule has 2 N–H and O–H groups in total. The Morgan fingerprint density at radius 2 is 1.88 bits per heavy atom. The molecule has 0 bridgehead atoms. The first-order valence-corrected chi connectivity index (χ1v) is 10.1. The number of nitrogens with one attached hydrogen (secondary N) is 2. The highest BCUT2D eigenvalue weighted by molar-refractivity contribution is 7.91. The summed E-state index contributed by atoms with van der Waals surface area (Å²) in [7, 11) is -3.59. The van der Waals surface area contributed by atoms with Gasteiger partial charge in [-0.15, -0.1) is 11.3 Å². The lowest BCUT2D eigenvalue weighted by atomic mass is 10.1. The molecule has 1 heterocycles. The average Bonchev–Trinajstić information content (AvgIpc) is 3.08. The van der Waals surface area contributed by atoms with Crippen LogP contribution < -0.4 is 10.0 Å². The van der Waals surface area contributed by atoms with Gasteiger partial charge in [-0.3, -0.25) is 4.79 Å². The second-order valence-corrected chi connectivity index (χ2v) is 9.25. The summed E-state index contributed by atoms with van der Waals surface area (Å²) in [4.78, 5) is 12.4. The largest absolute Gasteiger partial charge is 0.349 e. The van der Waals surface area contributed by atoms with Gasteiger partial charge in [-0.1, -0.05) is 30.3 Å². The van der Waals surface area contributed by atoms with Crippen LogP contribution in [0.4, 0.5) is 0 Å². The van der Waals surface area contributed by atoms with E-state index in [1.54, 1.807) is 6.07 Å². The third-order valence-corrected chi connectivity index (χ3v) is 6.88. The molecule has 5 nitrogen and oxygen atoms in total. The molecule has 1 saturated carbocycles. The van der Waals surface area contributed by atoms with Gasteiger partial charge in [0, 0.05) is 18.0 Å². The lowest BCUT2D eigenvalue weighted by Gasteiger charge is -2.06. The monoisotopic (exact) mass is 364 g/mol. The molecular formula is C17H20N2O3S2. The minimum atomic E-state index is -3.59. The van der Waals surface area contributed by atoms with E-state index in [0.29, 0.717) is 4.88 Å². The van der Waals surface area contributed by atoms with Crippen LogP contribution in [0.2, 0.25) is 0 Å². The first-order valence-electron chi connectivity index (χ1n) is 7.85. The Kier molecular flexibility index (Phi) is 4.76. The summed E-state index contributed by atoms with van der Waals surface area (Å²) in [6.45, 7) is 3.73. The molecule has 128 valence electrons. The fourth-order valence-corrected chi connectivity index (χ4v) is 5.09. The summed E-state index contributed by atoms with van der Waals surface area (Å²) >= 11 is 0.994. The predicted molar refractivity (Wildman–Crippen MR) is 94.8 cm³/mol. The highest BCUT2D eigenvalue weighted by Gasteiger charge is 2.41. The van der Waals surface area contributed by atoms with Crippen molar-refractivity contribution in [3.63, 3.8) is 0 Å². The van der Waals surface area contributed by atoms with Gasteiger partial charge in [0.05, 0.1) is 4.88 Å². The molecule has 1 aromatic heterocycles. The highest BCUT2D eigenvalue weighted by atomic mass is 32.2. The molecule has 1 aliphatic carbocycles. The summed E-state index contributed by atoms with van der Waals surface area (Å²) in [6, 6.07) is 12.9. The Balaban J connectivity index is 1.67. The van der Waals surface area contributed by atoms with Crippen molar-refractivity contribution < 1.29 is 13.2 Å². The smallest absolute Gasteiger partial charge is 0.261 e. The van der Waals surface area contributed by atoms with E-state index < -0.39 is 10.0 Å². The van der Waals surface area contributed by atoms with Crippen molar-refractivity contribution in [3.05, 3.63) is 52.9 Å². The fraction of sp³-hybridized carbons (Fsp3) is 0.353. The molecule has 0 unspecified atom stereocenters. The Hall–Kier alpha value is -1.70. The number of amides is 1. The van der Waals surface area contributed by atoms with Crippen LogP contribution >= 0.6 is 11.3 Å². The highest BCUT2D eigenvalue weighted by Crippen LogP contribution is 2.41. The Morgan fingerprint density at radius 3 is 2.54 bits per heavy atom. The van der Waals surface area contributed by atoms with Crippen LogP contribution in [-0.4, -0.2) is 26.4 Å². The van der Waals surface area contributed by atoms with Crippen LogP contribution in [0, 0.1) is 0 Å². The molecule has 24 heavy (non-hydrogen) atoms. The first-order chi connectivity index (χ1) is 11.4. The van der Waals surface area contributed by atoms with E-state index in [0.717, 1.165) is 23.3 Å². The summed E-state index contributed by atoms with van der Waals surface area (Å²) in [5, 5.41) is 2.76. The third kappa shape index (κ3) is 3.85. The summed E-state index contributed by atoms with van der Waals surface area (Å²) in [5.41, 5.74) is 1.15. The minimum Gasteiger partial charge on any atom is -0.349 e. The number of hydrogen-bond acceptors (Lipinski definition) is 4. The number of benzene rings is 1. The van der Waals surface area contributed by atoms with Crippen molar-refractivity contribution in [2.24, 2.45) is 0 Å². The number of sulfonamides is 1. The fourth-order valence-electron chi connectivity index (χ4n) is 2.57. The van der Waals surface area contributed by atoms with E-state index in [4.69, 9.17) is 0 Å². The van der Waals surface area contributed by atoms with Gasteiger partial charge in [0.25, 0.3) is 5.91 Å². The molecule has 0 saturated heterocycles.